The monoisotopic (exact) mass is 292 g/mol. The molecule has 1 heterocycles. The second kappa shape index (κ2) is 5.98. The fourth-order valence-corrected chi connectivity index (χ4v) is 1.76. The number of hydrogen-bond acceptors (Lipinski definition) is 7. The van der Waals surface area contributed by atoms with Gasteiger partial charge in [-0.25, -0.2) is 0 Å². The molecular formula is C13H16N4O4. The molecule has 1 aromatic carbocycles. The smallest absolute Gasteiger partial charge is 0.282 e. The number of nitro benzene ring substituents is 1. The van der Waals surface area contributed by atoms with Crippen LogP contribution in [0.25, 0.3) is 11.5 Å². The van der Waals surface area contributed by atoms with Crippen molar-refractivity contribution in [2.45, 2.75) is 19.4 Å². The van der Waals surface area contributed by atoms with Gasteiger partial charge in [0.1, 0.15) is 11.1 Å². The third-order valence-electron chi connectivity index (χ3n) is 2.87. The van der Waals surface area contributed by atoms with Crippen molar-refractivity contribution >= 4 is 5.69 Å². The Kier molecular flexibility index (Phi) is 4.29. The Morgan fingerprint density at radius 3 is 2.86 bits per heavy atom. The lowest BCUT2D eigenvalue weighted by atomic mass is 10.1. The zero-order valence-corrected chi connectivity index (χ0v) is 11.8. The van der Waals surface area contributed by atoms with Gasteiger partial charge in [0.15, 0.2) is 5.82 Å². The van der Waals surface area contributed by atoms with Crippen molar-refractivity contribution in [3.63, 3.8) is 0 Å². The van der Waals surface area contributed by atoms with Crippen LogP contribution in [0.5, 0.6) is 0 Å². The first kappa shape index (κ1) is 15.1. The van der Waals surface area contributed by atoms with Crippen LogP contribution in [0.3, 0.4) is 0 Å². The number of nitrogens with zero attached hydrogens (tertiary/aromatic N) is 3. The molecule has 1 unspecified atom stereocenters. The quantitative estimate of drug-likeness (QED) is 0.637. The molecular weight excluding hydrogens is 276 g/mol. The van der Waals surface area contributed by atoms with Gasteiger partial charge in [-0.3, -0.25) is 10.1 Å². The van der Waals surface area contributed by atoms with E-state index in [0.29, 0.717) is 6.61 Å². The molecule has 8 nitrogen and oxygen atoms in total. The summed E-state index contributed by atoms with van der Waals surface area (Å²) in [5, 5.41) is 14.8. The number of hydrogen-bond donors (Lipinski definition) is 1. The van der Waals surface area contributed by atoms with Gasteiger partial charge in [-0.2, -0.15) is 4.98 Å². The Morgan fingerprint density at radius 1 is 1.48 bits per heavy atom. The van der Waals surface area contributed by atoms with E-state index < -0.39 is 10.5 Å². The second-order valence-electron chi connectivity index (χ2n) is 4.75. The summed E-state index contributed by atoms with van der Waals surface area (Å²) in [6, 6.07) is 6.15. The Hall–Kier alpha value is -2.32. The molecule has 0 aliphatic carbocycles. The second-order valence-corrected chi connectivity index (χ2v) is 4.75. The molecule has 0 aliphatic heterocycles. The molecule has 2 aromatic rings. The molecule has 2 N–H and O–H groups in total. The summed E-state index contributed by atoms with van der Waals surface area (Å²) in [4.78, 5) is 14.7. The van der Waals surface area contributed by atoms with Crippen LogP contribution in [-0.2, 0) is 10.3 Å². The van der Waals surface area contributed by atoms with E-state index in [1.807, 2.05) is 6.92 Å². The van der Waals surface area contributed by atoms with E-state index in [2.05, 4.69) is 10.1 Å². The molecule has 112 valence electrons. The number of rotatable bonds is 6. The number of para-hydroxylation sites is 1. The number of nitro groups is 1. The molecule has 1 aromatic heterocycles. The lowest BCUT2D eigenvalue weighted by molar-refractivity contribution is -0.384. The third kappa shape index (κ3) is 3.23. The van der Waals surface area contributed by atoms with E-state index in [1.54, 1.807) is 25.1 Å². The predicted molar refractivity (Wildman–Crippen MR) is 74.4 cm³/mol. The highest BCUT2D eigenvalue weighted by Gasteiger charge is 2.29. The molecule has 1 atom stereocenters. The maximum atomic E-state index is 11.0. The van der Waals surface area contributed by atoms with Crippen LogP contribution in [0.4, 0.5) is 5.69 Å². The van der Waals surface area contributed by atoms with E-state index in [4.69, 9.17) is 15.0 Å². The lowest BCUT2D eigenvalue weighted by Crippen LogP contribution is -2.39. The van der Waals surface area contributed by atoms with Crippen molar-refractivity contribution in [1.82, 2.24) is 10.1 Å². The number of benzene rings is 1. The van der Waals surface area contributed by atoms with Gasteiger partial charge >= 0.3 is 0 Å². The first-order chi connectivity index (χ1) is 9.95. The number of ether oxygens (including phenoxy) is 1. The van der Waals surface area contributed by atoms with Gasteiger partial charge in [0.2, 0.25) is 0 Å². The van der Waals surface area contributed by atoms with E-state index in [1.165, 1.54) is 6.07 Å². The molecule has 0 fully saturated rings. The summed E-state index contributed by atoms with van der Waals surface area (Å²) in [7, 11) is 0. The minimum Gasteiger partial charge on any atom is -0.379 e. The largest absolute Gasteiger partial charge is 0.379 e. The molecule has 0 bridgehead atoms. The molecule has 0 radical (unpaired) electrons. The average Bonchev–Trinajstić information content (AvgIpc) is 2.95. The molecule has 0 saturated heterocycles. The zero-order chi connectivity index (χ0) is 15.5. The Bertz CT molecular complexity index is 639. The van der Waals surface area contributed by atoms with Crippen molar-refractivity contribution in [3.05, 3.63) is 40.2 Å². The maximum Gasteiger partial charge on any atom is 0.282 e. The van der Waals surface area contributed by atoms with Gasteiger partial charge < -0.3 is 15.0 Å². The standard InChI is InChI=1S/C13H16N4O4/c1-3-20-8-13(2,14)12-15-11(21-16-12)9-6-4-5-7-10(9)17(18)19/h4-7H,3,8,14H2,1-2H3. The Labute approximate surface area is 121 Å². The summed E-state index contributed by atoms with van der Waals surface area (Å²) < 4.78 is 10.4. The topological polar surface area (TPSA) is 117 Å². The van der Waals surface area contributed by atoms with Crippen LogP contribution < -0.4 is 5.73 Å². The minimum absolute atomic E-state index is 0.0606. The van der Waals surface area contributed by atoms with Crippen LogP contribution in [0.1, 0.15) is 19.7 Å². The lowest BCUT2D eigenvalue weighted by Gasteiger charge is -2.19. The van der Waals surface area contributed by atoms with Gasteiger partial charge in [0, 0.05) is 12.7 Å². The van der Waals surface area contributed by atoms with Gasteiger partial charge in [0.05, 0.1) is 11.5 Å². The number of nitrogens with two attached hydrogens (primary N) is 1. The molecule has 0 saturated carbocycles. The van der Waals surface area contributed by atoms with Crippen LogP contribution in [0.15, 0.2) is 28.8 Å². The minimum atomic E-state index is -0.929. The molecule has 0 spiro atoms. The SMILES string of the molecule is CCOCC(C)(N)c1noc(-c2ccccc2[N+](=O)[O-])n1. The normalized spacial score (nSPS) is 13.9. The van der Waals surface area contributed by atoms with Gasteiger partial charge in [-0.05, 0) is 19.9 Å². The van der Waals surface area contributed by atoms with Crippen molar-refractivity contribution < 1.29 is 14.2 Å². The van der Waals surface area contributed by atoms with Crippen LogP contribution in [0.2, 0.25) is 0 Å². The van der Waals surface area contributed by atoms with Crippen molar-refractivity contribution in [1.29, 1.82) is 0 Å². The van der Waals surface area contributed by atoms with Crippen LogP contribution in [0, 0.1) is 10.1 Å². The highest BCUT2D eigenvalue weighted by Crippen LogP contribution is 2.29. The van der Waals surface area contributed by atoms with E-state index >= 15 is 0 Å². The molecule has 0 amide bonds. The summed E-state index contributed by atoms with van der Waals surface area (Å²) in [6.45, 7) is 4.29. The van der Waals surface area contributed by atoms with Crippen LogP contribution >= 0.6 is 0 Å². The first-order valence-electron chi connectivity index (χ1n) is 6.40. The summed E-state index contributed by atoms with van der Waals surface area (Å²) in [5.74, 6) is 0.301. The fourth-order valence-electron chi connectivity index (χ4n) is 1.76. The molecule has 0 aliphatic rings. The molecule has 21 heavy (non-hydrogen) atoms. The summed E-state index contributed by atoms with van der Waals surface area (Å²) >= 11 is 0. The van der Waals surface area contributed by atoms with Gasteiger partial charge in [-0.15, -0.1) is 0 Å². The third-order valence-corrected chi connectivity index (χ3v) is 2.87. The van der Waals surface area contributed by atoms with E-state index in [-0.39, 0.29) is 29.6 Å². The predicted octanol–water partition coefficient (Wildman–Crippen LogP) is 1.86. The van der Waals surface area contributed by atoms with E-state index in [9.17, 15) is 10.1 Å². The highest BCUT2D eigenvalue weighted by molar-refractivity contribution is 5.66. The van der Waals surface area contributed by atoms with Crippen molar-refractivity contribution in [2.24, 2.45) is 5.73 Å². The zero-order valence-electron chi connectivity index (χ0n) is 11.8. The van der Waals surface area contributed by atoms with Crippen LogP contribution in [-0.4, -0.2) is 28.3 Å². The Morgan fingerprint density at radius 2 is 2.19 bits per heavy atom. The highest BCUT2D eigenvalue weighted by atomic mass is 16.6. The number of aromatic nitrogens is 2. The first-order valence-corrected chi connectivity index (χ1v) is 6.40. The van der Waals surface area contributed by atoms with Gasteiger partial charge in [0.25, 0.3) is 11.6 Å². The van der Waals surface area contributed by atoms with E-state index in [0.717, 1.165) is 0 Å². The van der Waals surface area contributed by atoms with Gasteiger partial charge in [-0.1, -0.05) is 17.3 Å². The summed E-state index contributed by atoms with van der Waals surface area (Å²) in [6.07, 6.45) is 0. The average molecular weight is 292 g/mol. The fraction of sp³-hybridized carbons (Fsp3) is 0.385. The molecule has 2 rings (SSSR count). The molecule has 8 heteroatoms. The van der Waals surface area contributed by atoms with Crippen molar-refractivity contribution in [3.8, 4) is 11.5 Å². The summed E-state index contributed by atoms with van der Waals surface area (Å²) in [5.41, 5.74) is 5.30. The maximum absolute atomic E-state index is 11.0. The Balaban J connectivity index is 2.34. The van der Waals surface area contributed by atoms with Crippen molar-refractivity contribution in [2.75, 3.05) is 13.2 Å².